The Hall–Kier alpha value is -2.72. The number of rotatable bonds is 4. The molecule has 0 radical (unpaired) electrons. The molecule has 0 unspecified atom stereocenters. The van der Waals surface area contributed by atoms with E-state index >= 15 is 0 Å². The van der Waals surface area contributed by atoms with E-state index in [1.54, 1.807) is 24.4 Å². The molecule has 0 saturated carbocycles. The first-order valence-corrected chi connectivity index (χ1v) is 8.37. The lowest BCUT2D eigenvalue weighted by Gasteiger charge is -2.12. The van der Waals surface area contributed by atoms with Crippen molar-refractivity contribution in [3.63, 3.8) is 0 Å². The molecule has 2 heterocycles. The van der Waals surface area contributed by atoms with Gasteiger partial charge in [-0.3, -0.25) is 9.78 Å². The van der Waals surface area contributed by atoms with Crippen molar-refractivity contribution in [2.75, 3.05) is 5.32 Å². The fourth-order valence-electron chi connectivity index (χ4n) is 2.52. The fraction of sp³-hybridized carbons (Fsp3) is 0.150. The van der Waals surface area contributed by atoms with Crippen LogP contribution in [0.1, 0.15) is 24.2 Å². The third-order valence-corrected chi connectivity index (χ3v) is 4.17. The molecule has 5 heteroatoms. The van der Waals surface area contributed by atoms with Gasteiger partial charge in [-0.25, -0.2) is 4.98 Å². The molecule has 0 aliphatic carbocycles. The quantitative estimate of drug-likeness (QED) is 0.684. The molecule has 4 nitrogen and oxygen atoms in total. The Morgan fingerprint density at radius 1 is 1.08 bits per heavy atom. The van der Waals surface area contributed by atoms with Crippen molar-refractivity contribution in [2.24, 2.45) is 0 Å². The molecule has 3 rings (SSSR count). The molecule has 1 N–H and O–H groups in total. The minimum Gasteiger partial charge on any atom is -0.326 e. The van der Waals surface area contributed by atoms with Gasteiger partial charge in [-0.2, -0.15) is 0 Å². The van der Waals surface area contributed by atoms with Crippen LogP contribution in [0.5, 0.6) is 0 Å². The Kier molecular flexibility index (Phi) is 5.10. The van der Waals surface area contributed by atoms with Crippen molar-refractivity contribution in [1.82, 2.24) is 9.97 Å². The highest BCUT2D eigenvalue weighted by molar-refractivity contribution is 6.29. The van der Waals surface area contributed by atoms with E-state index in [9.17, 15) is 4.79 Å². The second-order valence-corrected chi connectivity index (χ2v) is 6.25. The summed E-state index contributed by atoms with van der Waals surface area (Å²) in [4.78, 5) is 20.8. The first kappa shape index (κ1) is 17.1. The molecule has 1 aromatic carbocycles. The lowest BCUT2D eigenvalue weighted by Crippen LogP contribution is -2.19. The molecule has 25 heavy (non-hydrogen) atoms. The van der Waals surface area contributed by atoms with Gasteiger partial charge in [-0.1, -0.05) is 29.8 Å². The van der Waals surface area contributed by atoms with Crippen LogP contribution in [0.25, 0.3) is 11.1 Å². The Labute approximate surface area is 151 Å². The van der Waals surface area contributed by atoms with Gasteiger partial charge < -0.3 is 5.32 Å². The lowest BCUT2D eigenvalue weighted by molar-refractivity contribution is -0.117. The van der Waals surface area contributed by atoms with Crippen LogP contribution in [0.4, 0.5) is 5.69 Å². The SMILES string of the molecule is Cc1cc(-c2ccc(NC(=O)[C@@H](C)c3cccc(Cl)n3)cc2)ccn1. The smallest absolute Gasteiger partial charge is 0.233 e. The highest BCUT2D eigenvalue weighted by Crippen LogP contribution is 2.23. The Balaban J connectivity index is 1.72. The fourth-order valence-corrected chi connectivity index (χ4v) is 2.69. The van der Waals surface area contributed by atoms with Crippen LogP contribution in [0.2, 0.25) is 5.15 Å². The summed E-state index contributed by atoms with van der Waals surface area (Å²) in [6.45, 7) is 3.77. The normalized spacial score (nSPS) is 11.8. The predicted octanol–water partition coefficient (Wildman–Crippen LogP) is 4.85. The van der Waals surface area contributed by atoms with Crippen LogP contribution in [0.15, 0.2) is 60.8 Å². The van der Waals surface area contributed by atoms with Crippen LogP contribution in [0.3, 0.4) is 0 Å². The summed E-state index contributed by atoms with van der Waals surface area (Å²) in [7, 11) is 0. The number of nitrogens with one attached hydrogen (secondary N) is 1. The van der Waals surface area contributed by atoms with Crippen molar-refractivity contribution in [2.45, 2.75) is 19.8 Å². The van der Waals surface area contributed by atoms with E-state index in [0.717, 1.165) is 22.5 Å². The van der Waals surface area contributed by atoms with Gasteiger partial charge in [0, 0.05) is 17.6 Å². The number of anilines is 1. The molecule has 0 spiro atoms. The number of amides is 1. The van der Waals surface area contributed by atoms with E-state index < -0.39 is 0 Å². The number of pyridine rings is 2. The summed E-state index contributed by atoms with van der Waals surface area (Å²) in [5, 5.41) is 3.30. The zero-order valence-electron chi connectivity index (χ0n) is 14.0. The minimum absolute atomic E-state index is 0.123. The molecule has 0 bridgehead atoms. The zero-order chi connectivity index (χ0) is 17.8. The average molecular weight is 352 g/mol. The molecular weight excluding hydrogens is 334 g/mol. The van der Waals surface area contributed by atoms with Gasteiger partial charge in [0.05, 0.1) is 11.6 Å². The molecule has 2 aromatic heterocycles. The molecule has 1 atom stereocenters. The number of carbonyl (C=O) groups excluding carboxylic acids is 1. The van der Waals surface area contributed by atoms with E-state index in [1.807, 2.05) is 50.2 Å². The first-order chi connectivity index (χ1) is 12.0. The molecule has 0 aliphatic rings. The summed E-state index contributed by atoms with van der Waals surface area (Å²) in [6.07, 6.45) is 1.79. The number of carbonyl (C=O) groups is 1. The maximum absolute atomic E-state index is 12.4. The van der Waals surface area contributed by atoms with E-state index in [4.69, 9.17) is 11.6 Å². The second kappa shape index (κ2) is 7.45. The zero-order valence-corrected chi connectivity index (χ0v) is 14.8. The summed E-state index contributed by atoms with van der Waals surface area (Å²) in [5.41, 5.74) is 4.54. The van der Waals surface area contributed by atoms with Crippen molar-refractivity contribution < 1.29 is 4.79 Å². The minimum atomic E-state index is -0.388. The van der Waals surface area contributed by atoms with E-state index in [-0.39, 0.29) is 11.8 Å². The average Bonchev–Trinajstić information content (AvgIpc) is 2.61. The van der Waals surface area contributed by atoms with Gasteiger partial charge in [0.1, 0.15) is 5.15 Å². The van der Waals surface area contributed by atoms with Gasteiger partial charge in [-0.15, -0.1) is 0 Å². The highest BCUT2D eigenvalue weighted by atomic mass is 35.5. The summed E-state index contributed by atoms with van der Waals surface area (Å²) in [6, 6.07) is 17.0. The molecule has 1 amide bonds. The Morgan fingerprint density at radius 2 is 1.84 bits per heavy atom. The van der Waals surface area contributed by atoms with Crippen LogP contribution in [-0.4, -0.2) is 15.9 Å². The van der Waals surface area contributed by atoms with Gasteiger partial charge in [-0.05, 0) is 61.4 Å². The summed E-state index contributed by atoms with van der Waals surface area (Å²) in [5.74, 6) is -0.511. The number of halogens is 1. The standard InChI is InChI=1S/C20H18ClN3O/c1-13-12-16(10-11-22-13)15-6-8-17(9-7-15)23-20(25)14(2)18-4-3-5-19(21)24-18/h3-12,14H,1-2H3,(H,23,25)/t14-/m0/s1. The van der Waals surface area contributed by atoms with Crippen LogP contribution >= 0.6 is 11.6 Å². The van der Waals surface area contributed by atoms with Gasteiger partial charge in [0.2, 0.25) is 5.91 Å². The van der Waals surface area contributed by atoms with Gasteiger partial charge in [0.15, 0.2) is 0 Å². The lowest BCUT2D eigenvalue weighted by atomic mass is 10.0. The molecule has 0 aliphatic heterocycles. The van der Waals surface area contributed by atoms with Crippen molar-refractivity contribution in [3.8, 4) is 11.1 Å². The van der Waals surface area contributed by atoms with Crippen molar-refractivity contribution in [3.05, 3.63) is 77.3 Å². The van der Waals surface area contributed by atoms with Crippen LogP contribution < -0.4 is 5.32 Å². The number of hydrogen-bond donors (Lipinski definition) is 1. The van der Waals surface area contributed by atoms with Gasteiger partial charge >= 0.3 is 0 Å². The van der Waals surface area contributed by atoms with Gasteiger partial charge in [0.25, 0.3) is 0 Å². The Morgan fingerprint density at radius 3 is 2.52 bits per heavy atom. The van der Waals surface area contributed by atoms with Crippen LogP contribution in [-0.2, 0) is 4.79 Å². The molecule has 126 valence electrons. The maximum Gasteiger partial charge on any atom is 0.233 e. The molecule has 0 saturated heterocycles. The summed E-state index contributed by atoms with van der Waals surface area (Å²) < 4.78 is 0. The number of hydrogen-bond acceptors (Lipinski definition) is 3. The van der Waals surface area contributed by atoms with E-state index in [2.05, 4.69) is 15.3 Å². The second-order valence-electron chi connectivity index (χ2n) is 5.86. The largest absolute Gasteiger partial charge is 0.326 e. The first-order valence-electron chi connectivity index (χ1n) is 7.99. The topological polar surface area (TPSA) is 54.9 Å². The molecule has 0 fully saturated rings. The maximum atomic E-state index is 12.4. The Bertz CT molecular complexity index is 893. The molecule has 3 aromatic rings. The highest BCUT2D eigenvalue weighted by Gasteiger charge is 2.17. The number of aryl methyl sites for hydroxylation is 1. The molecular formula is C20H18ClN3O. The van der Waals surface area contributed by atoms with E-state index in [1.165, 1.54) is 0 Å². The third-order valence-electron chi connectivity index (χ3n) is 3.96. The number of aromatic nitrogens is 2. The number of benzene rings is 1. The van der Waals surface area contributed by atoms with E-state index in [0.29, 0.717) is 10.8 Å². The summed E-state index contributed by atoms with van der Waals surface area (Å²) >= 11 is 5.89. The van der Waals surface area contributed by atoms with Crippen molar-refractivity contribution >= 4 is 23.2 Å². The number of nitrogens with zero attached hydrogens (tertiary/aromatic N) is 2. The third kappa shape index (κ3) is 4.22. The van der Waals surface area contributed by atoms with Crippen LogP contribution in [0, 0.1) is 6.92 Å². The van der Waals surface area contributed by atoms with Crippen molar-refractivity contribution in [1.29, 1.82) is 0 Å². The predicted molar refractivity (Wildman–Crippen MR) is 101 cm³/mol. The monoisotopic (exact) mass is 351 g/mol.